The van der Waals surface area contributed by atoms with Crippen LogP contribution in [0.2, 0.25) is 0 Å². The number of carbonyl (C=O) groups excluding carboxylic acids is 3. The van der Waals surface area contributed by atoms with Crippen LogP contribution in [-0.4, -0.2) is 23.6 Å². The van der Waals surface area contributed by atoms with E-state index in [4.69, 9.17) is 4.74 Å². The Balaban J connectivity index is 1.59. The van der Waals surface area contributed by atoms with Crippen LogP contribution >= 0.6 is 0 Å². The molecule has 0 amide bonds. The Morgan fingerprint density at radius 3 is 2.41 bits per heavy atom. The maximum Gasteiger partial charge on any atom is 0.302 e. The zero-order valence-corrected chi connectivity index (χ0v) is 17.3. The van der Waals surface area contributed by atoms with Gasteiger partial charge in [-0.05, 0) is 81.0 Å². The largest absolute Gasteiger partial charge is 0.463 e. The molecule has 4 rings (SSSR count). The number of hydrogen-bond donors (Lipinski definition) is 0. The lowest BCUT2D eigenvalue weighted by Gasteiger charge is -2.60. The highest BCUT2D eigenvalue weighted by Gasteiger charge is 2.64. The first kappa shape index (κ1) is 19.1. The van der Waals surface area contributed by atoms with Crippen molar-refractivity contribution in [1.82, 2.24) is 0 Å². The van der Waals surface area contributed by atoms with Gasteiger partial charge in [-0.2, -0.15) is 0 Å². The summed E-state index contributed by atoms with van der Waals surface area (Å²) in [7, 11) is 0. The van der Waals surface area contributed by atoms with Crippen LogP contribution in [0.4, 0.5) is 0 Å². The van der Waals surface area contributed by atoms with Crippen LogP contribution in [0.15, 0.2) is 0 Å². The van der Waals surface area contributed by atoms with Gasteiger partial charge in [-0.25, -0.2) is 0 Å². The Kier molecular flexibility index (Phi) is 4.55. The fourth-order valence-electron chi connectivity index (χ4n) is 7.92. The van der Waals surface area contributed by atoms with Crippen molar-refractivity contribution >= 4 is 17.5 Å². The lowest BCUT2D eigenvalue weighted by molar-refractivity contribution is -0.167. The summed E-state index contributed by atoms with van der Waals surface area (Å²) in [5, 5.41) is 0. The number of ketones is 2. The molecule has 0 aliphatic heterocycles. The standard InChI is InChI=1S/C23H34O4/c1-13(24)18-7-8-19-17-6-5-15-11-16(27-14(2)25)9-10-22(15,3)20(17)12-21(26)23(18,19)4/h15-20H,5-12H2,1-4H3/t15-,16+,17+,18-,19+,20+,22-,23+/m0/s1. The molecule has 4 aliphatic carbocycles. The third kappa shape index (κ3) is 2.73. The lowest BCUT2D eigenvalue weighted by atomic mass is 9.44. The predicted molar refractivity (Wildman–Crippen MR) is 102 cm³/mol. The molecule has 150 valence electrons. The van der Waals surface area contributed by atoms with E-state index in [9.17, 15) is 14.4 Å². The average molecular weight is 375 g/mol. The van der Waals surface area contributed by atoms with Gasteiger partial charge in [0.25, 0.3) is 0 Å². The number of ether oxygens (including phenoxy) is 1. The van der Waals surface area contributed by atoms with Gasteiger partial charge in [0.2, 0.25) is 0 Å². The summed E-state index contributed by atoms with van der Waals surface area (Å²) in [5.74, 6) is 2.22. The minimum Gasteiger partial charge on any atom is -0.463 e. The third-order valence-electron chi connectivity index (χ3n) is 9.30. The highest BCUT2D eigenvalue weighted by Crippen LogP contribution is 2.66. The van der Waals surface area contributed by atoms with Crippen LogP contribution in [-0.2, 0) is 19.1 Å². The molecule has 4 saturated carbocycles. The molecule has 0 heterocycles. The van der Waals surface area contributed by atoms with Crippen LogP contribution in [0.5, 0.6) is 0 Å². The summed E-state index contributed by atoms with van der Waals surface area (Å²) in [6.45, 7) is 7.66. The highest BCUT2D eigenvalue weighted by molar-refractivity contribution is 5.93. The fraction of sp³-hybridized carbons (Fsp3) is 0.870. The lowest BCUT2D eigenvalue weighted by Crippen LogP contribution is -2.57. The Morgan fingerprint density at radius 2 is 1.74 bits per heavy atom. The Morgan fingerprint density at radius 1 is 1.00 bits per heavy atom. The smallest absolute Gasteiger partial charge is 0.302 e. The van der Waals surface area contributed by atoms with Gasteiger partial charge >= 0.3 is 5.97 Å². The minimum absolute atomic E-state index is 0.0512. The van der Waals surface area contributed by atoms with E-state index < -0.39 is 5.41 Å². The normalized spacial score (nSPS) is 49.0. The monoisotopic (exact) mass is 374 g/mol. The molecule has 0 bridgehead atoms. The highest BCUT2D eigenvalue weighted by atomic mass is 16.5. The van der Waals surface area contributed by atoms with Gasteiger partial charge in [-0.15, -0.1) is 0 Å². The molecule has 0 N–H and O–H groups in total. The summed E-state index contributed by atoms with van der Waals surface area (Å²) < 4.78 is 5.52. The molecule has 0 aromatic heterocycles. The van der Waals surface area contributed by atoms with Crippen LogP contribution in [0.3, 0.4) is 0 Å². The molecule has 4 aliphatic rings. The number of rotatable bonds is 2. The second kappa shape index (κ2) is 6.42. The van der Waals surface area contributed by atoms with Gasteiger partial charge in [0, 0.05) is 24.7 Å². The van der Waals surface area contributed by atoms with Crippen molar-refractivity contribution in [2.45, 2.75) is 85.2 Å². The summed E-state index contributed by atoms with van der Waals surface area (Å²) in [6, 6.07) is 0. The fourth-order valence-corrected chi connectivity index (χ4v) is 7.92. The molecule has 0 spiro atoms. The van der Waals surface area contributed by atoms with Crippen molar-refractivity contribution in [3.8, 4) is 0 Å². The van der Waals surface area contributed by atoms with Crippen molar-refractivity contribution < 1.29 is 19.1 Å². The van der Waals surface area contributed by atoms with Crippen LogP contribution < -0.4 is 0 Å². The van der Waals surface area contributed by atoms with Gasteiger partial charge in [0.15, 0.2) is 0 Å². The summed E-state index contributed by atoms with van der Waals surface area (Å²) in [6.07, 6.45) is 7.86. The number of hydrogen-bond acceptors (Lipinski definition) is 4. The number of fused-ring (bicyclic) bond motifs is 5. The van der Waals surface area contributed by atoms with Gasteiger partial charge < -0.3 is 4.74 Å². The molecule has 4 heteroatoms. The number of carbonyl (C=O) groups is 3. The van der Waals surface area contributed by atoms with E-state index in [-0.39, 0.29) is 29.2 Å². The number of Topliss-reactive ketones (excluding diaryl/α,β-unsaturated/α-hetero) is 2. The molecule has 0 unspecified atom stereocenters. The molecular formula is C23H34O4. The van der Waals surface area contributed by atoms with Crippen molar-refractivity contribution in [3.63, 3.8) is 0 Å². The van der Waals surface area contributed by atoms with Gasteiger partial charge in [-0.3, -0.25) is 14.4 Å². The Labute approximate surface area is 162 Å². The summed E-state index contributed by atoms with van der Waals surface area (Å²) >= 11 is 0. The SMILES string of the molecule is CC(=O)O[C@@H]1CC[C@@]2(C)[C@@H](CC[C@H]3[C@H]2CC(=O)[C@@]2(C)[C@@H]3CC[C@H]2C(C)=O)C1. The molecule has 4 nitrogen and oxygen atoms in total. The molecular weight excluding hydrogens is 340 g/mol. The molecule has 27 heavy (non-hydrogen) atoms. The molecule has 4 fully saturated rings. The zero-order chi connectivity index (χ0) is 19.6. The Bertz CT molecular complexity index is 669. The molecule has 0 aromatic carbocycles. The molecule has 8 atom stereocenters. The minimum atomic E-state index is -0.425. The molecule has 0 aromatic rings. The van der Waals surface area contributed by atoms with E-state index in [2.05, 4.69) is 13.8 Å². The number of esters is 1. The van der Waals surface area contributed by atoms with Crippen molar-refractivity contribution in [2.75, 3.05) is 0 Å². The summed E-state index contributed by atoms with van der Waals surface area (Å²) in [4.78, 5) is 37.0. The Hall–Kier alpha value is -1.19. The van der Waals surface area contributed by atoms with Gasteiger partial charge in [0.1, 0.15) is 17.7 Å². The summed E-state index contributed by atoms with van der Waals surface area (Å²) in [5.41, 5.74) is -0.254. The van der Waals surface area contributed by atoms with E-state index >= 15 is 0 Å². The van der Waals surface area contributed by atoms with Crippen LogP contribution in [0.25, 0.3) is 0 Å². The van der Waals surface area contributed by atoms with Gasteiger partial charge in [-0.1, -0.05) is 13.8 Å². The van der Waals surface area contributed by atoms with Crippen LogP contribution in [0, 0.1) is 40.4 Å². The predicted octanol–water partition coefficient (Wildman–Crippen LogP) is 4.35. The van der Waals surface area contributed by atoms with E-state index in [1.54, 1.807) is 6.92 Å². The second-order valence-corrected chi connectivity index (χ2v) is 10.3. The van der Waals surface area contributed by atoms with E-state index in [1.807, 2.05) is 0 Å². The van der Waals surface area contributed by atoms with E-state index in [0.29, 0.717) is 35.9 Å². The first-order chi connectivity index (χ1) is 12.7. The van der Waals surface area contributed by atoms with Crippen molar-refractivity contribution in [1.29, 1.82) is 0 Å². The topological polar surface area (TPSA) is 60.4 Å². The molecule has 0 saturated heterocycles. The van der Waals surface area contributed by atoms with Crippen molar-refractivity contribution in [3.05, 3.63) is 0 Å². The van der Waals surface area contributed by atoms with E-state index in [0.717, 1.165) is 38.5 Å². The van der Waals surface area contributed by atoms with Crippen LogP contribution in [0.1, 0.15) is 79.1 Å². The molecule has 0 radical (unpaired) electrons. The third-order valence-corrected chi connectivity index (χ3v) is 9.30. The zero-order valence-electron chi connectivity index (χ0n) is 17.3. The average Bonchev–Trinajstić information content (AvgIpc) is 2.95. The van der Waals surface area contributed by atoms with Crippen molar-refractivity contribution in [2.24, 2.45) is 40.4 Å². The van der Waals surface area contributed by atoms with Gasteiger partial charge in [0.05, 0.1) is 0 Å². The maximum atomic E-state index is 13.4. The maximum absolute atomic E-state index is 13.4. The first-order valence-corrected chi connectivity index (χ1v) is 10.9. The quantitative estimate of drug-likeness (QED) is 0.675. The van der Waals surface area contributed by atoms with E-state index in [1.165, 1.54) is 13.3 Å². The second-order valence-electron chi connectivity index (χ2n) is 10.3. The first-order valence-electron chi connectivity index (χ1n) is 10.9.